The largest absolute Gasteiger partial charge is 0.522 e. The summed E-state index contributed by atoms with van der Waals surface area (Å²) < 4.78 is 88.6. The Morgan fingerprint density at radius 1 is 1.09 bits per heavy atom. The van der Waals surface area contributed by atoms with Gasteiger partial charge in [0.1, 0.15) is 6.61 Å². The first-order valence-electron chi connectivity index (χ1n) is 10.6. The number of carbonyl (C=O) groups is 1. The zero-order valence-corrected chi connectivity index (χ0v) is 17.3. The molecule has 2 heterocycles. The third-order valence-corrected chi connectivity index (χ3v) is 6.85. The van der Waals surface area contributed by atoms with Crippen molar-refractivity contribution in [1.82, 2.24) is 20.4 Å². The van der Waals surface area contributed by atoms with Crippen LogP contribution < -0.4 is 5.32 Å². The highest BCUT2D eigenvalue weighted by Crippen LogP contribution is 2.67. The molecule has 5 fully saturated rings. The van der Waals surface area contributed by atoms with E-state index in [0.29, 0.717) is 31.0 Å². The normalized spacial score (nSPS) is 34.1. The van der Waals surface area contributed by atoms with Crippen LogP contribution in [0.25, 0.3) is 0 Å². The maximum atomic E-state index is 12.3. The number of aromatic nitrogens is 2. The number of alkyl halides is 6. The minimum Gasteiger partial charge on any atom is -0.424 e. The van der Waals surface area contributed by atoms with Crippen molar-refractivity contribution in [1.29, 1.82) is 0 Å². The van der Waals surface area contributed by atoms with Gasteiger partial charge in [0.05, 0.1) is 24.2 Å². The first-order chi connectivity index (χ1) is 15.3. The molecule has 4 aliphatic carbocycles. The van der Waals surface area contributed by atoms with Crippen molar-refractivity contribution in [2.75, 3.05) is 26.2 Å². The molecule has 1 aromatic heterocycles. The summed E-state index contributed by atoms with van der Waals surface area (Å²) in [5.41, 5.74) is -0.698. The Balaban J connectivity index is 1.01. The maximum Gasteiger partial charge on any atom is 0.522 e. The third kappa shape index (κ3) is 4.69. The predicted molar refractivity (Wildman–Crippen MR) is 95.8 cm³/mol. The van der Waals surface area contributed by atoms with E-state index in [9.17, 15) is 31.1 Å². The van der Waals surface area contributed by atoms with Crippen molar-refractivity contribution >= 4 is 5.91 Å². The van der Waals surface area contributed by atoms with Gasteiger partial charge in [-0.25, -0.2) is 0 Å². The molecule has 4 saturated carbocycles. The summed E-state index contributed by atoms with van der Waals surface area (Å²) in [5.74, 6) is 0.164. The van der Waals surface area contributed by atoms with E-state index in [-0.39, 0.29) is 61.4 Å². The van der Waals surface area contributed by atoms with E-state index >= 15 is 0 Å². The summed E-state index contributed by atoms with van der Waals surface area (Å²) in [6.07, 6.45) is -8.01. The van der Waals surface area contributed by atoms with Gasteiger partial charge in [-0.2, -0.15) is 13.2 Å². The first-order valence-corrected chi connectivity index (χ1v) is 10.6. The number of hydrogen-bond donors (Lipinski definition) is 1. The maximum absolute atomic E-state index is 12.3. The van der Waals surface area contributed by atoms with Gasteiger partial charge in [-0.15, -0.1) is 23.4 Å². The molecule has 184 valence electrons. The molecule has 14 heteroatoms. The molecule has 33 heavy (non-hydrogen) atoms. The lowest BCUT2D eigenvalue weighted by Gasteiger charge is -2.68. The summed E-state index contributed by atoms with van der Waals surface area (Å²) in [7, 11) is 0. The number of rotatable bonds is 8. The van der Waals surface area contributed by atoms with Crippen LogP contribution in [0.5, 0.6) is 0 Å². The Bertz CT molecular complexity index is 887. The highest BCUT2D eigenvalue weighted by molar-refractivity contribution is 5.79. The fraction of sp³-hybridized carbons (Fsp3) is 0.842. The van der Waals surface area contributed by atoms with Crippen LogP contribution >= 0.6 is 0 Å². The number of hydrogen-bond acceptors (Lipinski definition) is 7. The number of carbonyl (C=O) groups excluding carboxylic acids is 1. The number of likely N-dealkylation sites (tertiary alicyclic amines) is 1. The van der Waals surface area contributed by atoms with Gasteiger partial charge in [-0.05, 0) is 32.1 Å². The topological polar surface area (TPSA) is 89.7 Å². The van der Waals surface area contributed by atoms with Gasteiger partial charge in [0, 0.05) is 24.5 Å². The van der Waals surface area contributed by atoms with Gasteiger partial charge in [-0.3, -0.25) is 14.4 Å². The molecular formula is C19H22F6N4O4. The zero-order valence-electron chi connectivity index (χ0n) is 17.3. The lowest BCUT2D eigenvalue weighted by molar-refractivity contribution is -0.352. The Morgan fingerprint density at radius 3 is 2.36 bits per heavy atom. The highest BCUT2D eigenvalue weighted by Gasteiger charge is 2.72. The van der Waals surface area contributed by atoms with Gasteiger partial charge in [0.25, 0.3) is 0 Å². The Hall–Kier alpha value is -1.93. The predicted octanol–water partition coefficient (Wildman–Crippen LogP) is 2.41. The summed E-state index contributed by atoms with van der Waals surface area (Å²) in [5, 5.41) is 11.0. The molecular weight excluding hydrogens is 462 g/mol. The molecule has 0 spiro atoms. The minimum absolute atomic E-state index is 0.143. The van der Waals surface area contributed by atoms with Gasteiger partial charge < -0.3 is 14.5 Å². The number of nitrogens with zero attached hydrogens (tertiary/aromatic N) is 3. The van der Waals surface area contributed by atoms with Crippen LogP contribution in [0.15, 0.2) is 4.42 Å². The Morgan fingerprint density at radius 2 is 1.76 bits per heavy atom. The molecule has 2 bridgehead atoms. The van der Waals surface area contributed by atoms with E-state index in [1.165, 1.54) is 4.90 Å². The lowest BCUT2D eigenvalue weighted by atomic mass is 9.39. The van der Waals surface area contributed by atoms with Gasteiger partial charge >= 0.3 is 12.5 Å². The zero-order chi connectivity index (χ0) is 23.6. The number of ether oxygens (including phenoxy) is 2. The lowest BCUT2D eigenvalue weighted by Crippen LogP contribution is -2.77. The molecule has 1 amide bonds. The van der Waals surface area contributed by atoms with E-state index < -0.39 is 25.2 Å². The molecule has 0 unspecified atom stereocenters. The van der Waals surface area contributed by atoms with Crippen molar-refractivity contribution in [3.05, 3.63) is 11.8 Å². The van der Waals surface area contributed by atoms with Crippen LogP contribution in [0.4, 0.5) is 26.3 Å². The molecule has 8 nitrogen and oxygen atoms in total. The number of amides is 1. The Kier molecular flexibility index (Phi) is 5.22. The van der Waals surface area contributed by atoms with Crippen LogP contribution in [0.3, 0.4) is 0 Å². The van der Waals surface area contributed by atoms with E-state index in [0.717, 1.165) is 0 Å². The fourth-order valence-corrected chi connectivity index (χ4v) is 5.35. The van der Waals surface area contributed by atoms with Crippen LogP contribution in [0.2, 0.25) is 0 Å². The van der Waals surface area contributed by atoms with Crippen molar-refractivity contribution in [3.63, 3.8) is 0 Å². The average molecular weight is 484 g/mol. The van der Waals surface area contributed by atoms with Crippen molar-refractivity contribution in [2.24, 2.45) is 0 Å². The second-order valence-electron chi connectivity index (χ2n) is 9.68. The van der Waals surface area contributed by atoms with E-state index in [2.05, 4.69) is 20.3 Å². The van der Waals surface area contributed by atoms with Gasteiger partial charge in [-0.1, -0.05) is 0 Å². The quantitative estimate of drug-likeness (QED) is 0.567. The van der Waals surface area contributed by atoms with Crippen molar-refractivity contribution in [2.45, 2.75) is 73.7 Å². The monoisotopic (exact) mass is 484 g/mol. The minimum atomic E-state index is -4.66. The van der Waals surface area contributed by atoms with Crippen LogP contribution in [-0.2, 0) is 19.7 Å². The summed E-state index contributed by atoms with van der Waals surface area (Å²) in [6, 6.07) is 0. The molecule has 0 atom stereocenters. The van der Waals surface area contributed by atoms with Crippen LogP contribution in [0.1, 0.15) is 49.8 Å². The SMILES string of the molecule is O=C(COC1CN(CC(F)(F)F)C1)NC12CC(c3nnc(C4CC(OC(F)(F)F)C4)o3)(C1)C2. The molecule has 1 N–H and O–H groups in total. The summed E-state index contributed by atoms with van der Waals surface area (Å²) in [6.45, 7) is -0.910. The first kappa shape index (κ1) is 22.8. The molecule has 0 aromatic carbocycles. The molecule has 0 radical (unpaired) electrons. The van der Waals surface area contributed by atoms with Gasteiger partial charge in [0.15, 0.2) is 0 Å². The molecule has 1 aliphatic heterocycles. The van der Waals surface area contributed by atoms with E-state index in [1.807, 2.05) is 0 Å². The standard InChI is InChI=1S/C19H22F6N4O4/c20-18(21,22)9-29-3-12(4-29)31-5-13(30)26-17-6-16(7-17,8-17)15-28-27-14(32-15)10-1-11(2-10)33-19(23,24)25/h10-12H,1-9H2,(H,26,30). The van der Waals surface area contributed by atoms with Crippen LogP contribution in [0, 0.1) is 0 Å². The summed E-state index contributed by atoms with van der Waals surface area (Å²) in [4.78, 5) is 13.4. The van der Waals surface area contributed by atoms with E-state index in [1.54, 1.807) is 0 Å². The third-order valence-electron chi connectivity index (χ3n) is 6.85. The average Bonchev–Trinajstić information content (AvgIpc) is 3.01. The van der Waals surface area contributed by atoms with Gasteiger partial charge in [0.2, 0.25) is 17.7 Å². The smallest absolute Gasteiger partial charge is 0.424 e. The fourth-order valence-electron chi connectivity index (χ4n) is 5.35. The van der Waals surface area contributed by atoms with E-state index in [4.69, 9.17) is 9.15 Å². The second kappa shape index (κ2) is 7.54. The number of nitrogens with one attached hydrogen (secondary N) is 1. The van der Waals surface area contributed by atoms with Crippen molar-refractivity contribution in [3.8, 4) is 0 Å². The van der Waals surface area contributed by atoms with Crippen molar-refractivity contribution < 1.29 is 45.0 Å². The molecule has 1 aromatic rings. The molecule has 6 rings (SSSR count). The summed E-state index contributed by atoms with van der Waals surface area (Å²) >= 11 is 0. The van der Waals surface area contributed by atoms with Crippen LogP contribution in [-0.4, -0.2) is 77.5 Å². The second-order valence-corrected chi connectivity index (χ2v) is 9.68. The number of halogens is 6. The molecule has 5 aliphatic rings. The molecule has 1 saturated heterocycles. The Labute approximate surface area is 184 Å². The highest BCUT2D eigenvalue weighted by atomic mass is 19.4.